The van der Waals surface area contributed by atoms with Crippen LogP contribution in [0.2, 0.25) is 0 Å². The highest BCUT2D eigenvalue weighted by atomic mass is 16.7. The van der Waals surface area contributed by atoms with E-state index in [0.29, 0.717) is 28.6 Å². The molecule has 6 heteroatoms. The van der Waals surface area contributed by atoms with Crippen LogP contribution in [0.1, 0.15) is 0 Å². The maximum absolute atomic E-state index is 5.66. The lowest BCUT2D eigenvalue weighted by Gasteiger charge is -1.97. The molecule has 0 spiro atoms. The zero-order valence-corrected chi connectivity index (χ0v) is 9.79. The first-order valence-corrected chi connectivity index (χ1v) is 5.72. The Bertz CT molecular complexity index is 782. The van der Waals surface area contributed by atoms with Gasteiger partial charge in [-0.1, -0.05) is 0 Å². The molecular weight excluding hydrogens is 246 g/mol. The molecule has 4 rings (SSSR count). The highest BCUT2D eigenvalue weighted by molar-refractivity contribution is 5.76. The Balaban J connectivity index is 1.85. The van der Waals surface area contributed by atoms with Crippen LogP contribution >= 0.6 is 0 Å². The van der Waals surface area contributed by atoms with Gasteiger partial charge in [0.25, 0.3) is 0 Å². The number of fused-ring (bicyclic) bond motifs is 2. The number of nitrogen functional groups attached to an aromatic ring is 1. The van der Waals surface area contributed by atoms with Gasteiger partial charge in [0, 0.05) is 5.56 Å². The second kappa shape index (κ2) is 3.61. The van der Waals surface area contributed by atoms with Crippen molar-refractivity contribution in [1.82, 2.24) is 9.97 Å². The third kappa shape index (κ3) is 1.57. The summed E-state index contributed by atoms with van der Waals surface area (Å²) in [5.41, 5.74) is 8.12. The first-order valence-electron chi connectivity index (χ1n) is 5.72. The molecule has 3 heterocycles. The fraction of sp³-hybridized carbons (Fsp3) is 0.0769. The fourth-order valence-corrected chi connectivity index (χ4v) is 1.99. The summed E-state index contributed by atoms with van der Waals surface area (Å²) in [6.45, 7) is 0.241. The summed E-state index contributed by atoms with van der Waals surface area (Å²) in [5.74, 6) is 1.89. The predicted octanol–water partition coefficient (Wildman–Crippen LogP) is 2.20. The SMILES string of the molecule is Nc1cnc2oc(-c3ccc4c(c3)OCO4)nc2c1. The van der Waals surface area contributed by atoms with E-state index >= 15 is 0 Å². The molecule has 2 aromatic heterocycles. The maximum atomic E-state index is 5.66. The smallest absolute Gasteiger partial charge is 0.247 e. The molecule has 0 radical (unpaired) electrons. The van der Waals surface area contributed by atoms with Gasteiger partial charge in [0.2, 0.25) is 18.4 Å². The van der Waals surface area contributed by atoms with Gasteiger partial charge >= 0.3 is 0 Å². The van der Waals surface area contributed by atoms with Crippen LogP contribution in [0.3, 0.4) is 0 Å². The van der Waals surface area contributed by atoms with Gasteiger partial charge in [-0.05, 0) is 24.3 Å². The molecule has 2 N–H and O–H groups in total. The van der Waals surface area contributed by atoms with E-state index in [4.69, 9.17) is 19.6 Å². The monoisotopic (exact) mass is 255 g/mol. The minimum atomic E-state index is 0.241. The summed E-state index contributed by atoms with van der Waals surface area (Å²) in [6, 6.07) is 7.24. The predicted molar refractivity (Wildman–Crippen MR) is 67.8 cm³/mol. The van der Waals surface area contributed by atoms with Gasteiger partial charge < -0.3 is 19.6 Å². The van der Waals surface area contributed by atoms with Crippen LogP contribution in [0.4, 0.5) is 5.69 Å². The molecule has 3 aromatic rings. The van der Waals surface area contributed by atoms with Crippen molar-refractivity contribution in [3.05, 3.63) is 30.5 Å². The van der Waals surface area contributed by atoms with E-state index in [9.17, 15) is 0 Å². The van der Waals surface area contributed by atoms with Gasteiger partial charge in [0.1, 0.15) is 5.52 Å². The number of rotatable bonds is 1. The number of anilines is 1. The van der Waals surface area contributed by atoms with E-state index in [1.807, 2.05) is 18.2 Å². The molecule has 0 amide bonds. The number of pyridine rings is 1. The summed E-state index contributed by atoms with van der Waals surface area (Å²) in [7, 11) is 0. The largest absolute Gasteiger partial charge is 0.454 e. The fourth-order valence-electron chi connectivity index (χ4n) is 1.99. The molecule has 94 valence electrons. The van der Waals surface area contributed by atoms with Gasteiger partial charge in [-0.3, -0.25) is 0 Å². The van der Waals surface area contributed by atoms with Crippen molar-refractivity contribution < 1.29 is 13.9 Å². The highest BCUT2D eigenvalue weighted by Crippen LogP contribution is 2.36. The molecular formula is C13H9N3O3. The Morgan fingerprint density at radius 3 is 2.95 bits per heavy atom. The van der Waals surface area contributed by atoms with E-state index in [1.54, 1.807) is 6.07 Å². The number of benzene rings is 1. The summed E-state index contributed by atoms with van der Waals surface area (Å²) in [4.78, 5) is 8.45. The molecule has 0 bridgehead atoms. The number of nitrogens with zero attached hydrogens (tertiary/aromatic N) is 2. The van der Waals surface area contributed by atoms with Gasteiger partial charge in [-0.15, -0.1) is 0 Å². The Morgan fingerprint density at radius 2 is 2.00 bits per heavy atom. The number of nitrogens with two attached hydrogens (primary N) is 1. The average Bonchev–Trinajstić information content (AvgIpc) is 3.02. The van der Waals surface area contributed by atoms with Crippen LogP contribution in [-0.4, -0.2) is 16.8 Å². The van der Waals surface area contributed by atoms with Crippen molar-refractivity contribution in [2.24, 2.45) is 0 Å². The van der Waals surface area contributed by atoms with Crippen molar-refractivity contribution in [3.63, 3.8) is 0 Å². The van der Waals surface area contributed by atoms with E-state index in [-0.39, 0.29) is 6.79 Å². The van der Waals surface area contributed by atoms with E-state index in [2.05, 4.69) is 9.97 Å². The van der Waals surface area contributed by atoms with E-state index < -0.39 is 0 Å². The Kier molecular flexibility index (Phi) is 1.94. The molecule has 19 heavy (non-hydrogen) atoms. The van der Waals surface area contributed by atoms with Gasteiger partial charge in [0.15, 0.2) is 11.5 Å². The first-order chi connectivity index (χ1) is 9.29. The van der Waals surface area contributed by atoms with Gasteiger partial charge in [-0.25, -0.2) is 9.97 Å². The average molecular weight is 255 g/mol. The Labute approximate surface area is 107 Å². The zero-order chi connectivity index (χ0) is 12.8. The third-order valence-electron chi connectivity index (χ3n) is 2.89. The first kappa shape index (κ1) is 10.2. The molecule has 0 fully saturated rings. The number of oxazole rings is 1. The molecule has 0 saturated carbocycles. The van der Waals surface area contributed by atoms with Crippen LogP contribution in [0.15, 0.2) is 34.9 Å². The quantitative estimate of drug-likeness (QED) is 0.717. The number of ether oxygens (including phenoxy) is 2. The van der Waals surface area contributed by atoms with Crippen LogP contribution < -0.4 is 15.2 Å². The molecule has 6 nitrogen and oxygen atoms in total. The zero-order valence-electron chi connectivity index (χ0n) is 9.79. The van der Waals surface area contributed by atoms with Crippen molar-refractivity contribution in [1.29, 1.82) is 0 Å². The van der Waals surface area contributed by atoms with Crippen molar-refractivity contribution >= 4 is 16.9 Å². The molecule has 0 saturated heterocycles. The minimum absolute atomic E-state index is 0.241. The molecule has 1 aliphatic heterocycles. The second-order valence-electron chi connectivity index (χ2n) is 4.18. The topological polar surface area (TPSA) is 83.4 Å². The molecule has 0 atom stereocenters. The Morgan fingerprint density at radius 1 is 1.11 bits per heavy atom. The maximum Gasteiger partial charge on any atom is 0.247 e. The minimum Gasteiger partial charge on any atom is -0.454 e. The normalized spacial score (nSPS) is 13.1. The molecule has 1 aliphatic rings. The number of hydrogen-bond donors (Lipinski definition) is 1. The van der Waals surface area contributed by atoms with Crippen molar-refractivity contribution in [3.8, 4) is 23.0 Å². The molecule has 1 aromatic carbocycles. The lowest BCUT2D eigenvalue weighted by Crippen LogP contribution is -1.92. The van der Waals surface area contributed by atoms with E-state index in [1.165, 1.54) is 6.20 Å². The Hall–Kier alpha value is -2.76. The van der Waals surface area contributed by atoms with E-state index in [0.717, 1.165) is 11.3 Å². The van der Waals surface area contributed by atoms with Gasteiger partial charge in [-0.2, -0.15) is 0 Å². The lowest BCUT2D eigenvalue weighted by atomic mass is 10.2. The van der Waals surface area contributed by atoms with Crippen LogP contribution in [0.25, 0.3) is 22.7 Å². The summed E-state index contributed by atoms with van der Waals surface area (Å²) in [6.07, 6.45) is 1.54. The summed E-state index contributed by atoms with van der Waals surface area (Å²) >= 11 is 0. The van der Waals surface area contributed by atoms with Crippen LogP contribution in [0.5, 0.6) is 11.5 Å². The van der Waals surface area contributed by atoms with Gasteiger partial charge in [0.05, 0.1) is 11.9 Å². The van der Waals surface area contributed by atoms with Crippen LogP contribution in [0, 0.1) is 0 Å². The van der Waals surface area contributed by atoms with Crippen molar-refractivity contribution in [2.75, 3.05) is 12.5 Å². The standard InChI is InChI=1S/C13H9N3O3/c14-8-4-9-13(15-5-8)19-12(16-9)7-1-2-10-11(3-7)18-6-17-10/h1-5H,6,14H2. The van der Waals surface area contributed by atoms with Crippen molar-refractivity contribution in [2.45, 2.75) is 0 Å². The third-order valence-corrected chi connectivity index (χ3v) is 2.89. The highest BCUT2D eigenvalue weighted by Gasteiger charge is 2.16. The molecule has 0 unspecified atom stereocenters. The summed E-state index contributed by atoms with van der Waals surface area (Å²) in [5, 5.41) is 0. The second-order valence-corrected chi connectivity index (χ2v) is 4.18. The number of hydrogen-bond acceptors (Lipinski definition) is 6. The lowest BCUT2D eigenvalue weighted by molar-refractivity contribution is 0.174. The van der Waals surface area contributed by atoms with Crippen LogP contribution in [-0.2, 0) is 0 Å². The summed E-state index contributed by atoms with van der Waals surface area (Å²) < 4.78 is 16.2. The number of aromatic nitrogens is 2. The molecule has 0 aliphatic carbocycles.